The minimum absolute atomic E-state index is 0.118. The number of rotatable bonds is 2. The summed E-state index contributed by atoms with van der Waals surface area (Å²) in [5.41, 5.74) is 1.40. The molecular formula is C9H12N6O3. The van der Waals surface area contributed by atoms with Crippen LogP contribution in [-0.4, -0.2) is 24.6 Å². The van der Waals surface area contributed by atoms with Crippen molar-refractivity contribution in [3.8, 4) is 0 Å². The van der Waals surface area contributed by atoms with Gasteiger partial charge < -0.3 is 4.57 Å². The summed E-state index contributed by atoms with van der Waals surface area (Å²) in [6.45, 7) is -0.118. The lowest BCUT2D eigenvalue weighted by molar-refractivity contribution is -0.121. The van der Waals surface area contributed by atoms with Crippen molar-refractivity contribution >= 4 is 17.1 Å². The van der Waals surface area contributed by atoms with Crippen LogP contribution in [0, 0.1) is 0 Å². The van der Waals surface area contributed by atoms with Crippen LogP contribution in [0.15, 0.2) is 15.9 Å². The van der Waals surface area contributed by atoms with Crippen LogP contribution >= 0.6 is 0 Å². The Hall–Kier alpha value is -2.42. The first-order valence-corrected chi connectivity index (χ1v) is 5.07. The molecule has 9 heteroatoms. The number of nitrogens with two attached hydrogens (primary N) is 1. The topological polar surface area (TPSA) is 117 Å². The molecule has 18 heavy (non-hydrogen) atoms. The van der Waals surface area contributed by atoms with Crippen molar-refractivity contribution in [3.05, 3.63) is 27.2 Å². The van der Waals surface area contributed by atoms with E-state index in [4.69, 9.17) is 5.84 Å². The number of aryl methyl sites for hydroxylation is 1. The first kappa shape index (κ1) is 12.0. The maximum absolute atomic E-state index is 11.8. The predicted molar refractivity (Wildman–Crippen MR) is 62.5 cm³/mol. The molecule has 3 N–H and O–H groups in total. The SMILES string of the molecule is Cn1c(=O)c2ncn(CC(=O)NN)c2n(C)c1=O. The Morgan fingerprint density at radius 3 is 2.67 bits per heavy atom. The smallest absolute Gasteiger partial charge is 0.307 e. The van der Waals surface area contributed by atoms with E-state index in [1.54, 1.807) is 0 Å². The highest BCUT2D eigenvalue weighted by molar-refractivity contribution is 5.78. The molecule has 0 spiro atoms. The molecule has 2 aromatic rings. The molecule has 0 bridgehead atoms. The Bertz CT molecular complexity index is 737. The highest BCUT2D eigenvalue weighted by Gasteiger charge is 2.15. The summed E-state index contributed by atoms with van der Waals surface area (Å²) in [6, 6.07) is 0. The van der Waals surface area contributed by atoms with Gasteiger partial charge in [-0.3, -0.25) is 24.1 Å². The highest BCUT2D eigenvalue weighted by Crippen LogP contribution is 2.05. The van der Waals surface area contributed by atoms with Gasteiger partial charge in [0.05, 0.1) is 6.33 Å². The number of nitrogens with zero attached hydrogens (tertiary/aromatic N) is 4. The second kappa shape index (κ2) is 4.11. The number of carbonyl (C=O) groups is 1. The second-order valence-corrected chi connectivity index (χ2v) is 3.82. The zero-order valence-electron chi connectivity index (χ0n) is 9.88. The molecule has 2 aromatic heterocycles. The summed E-state index contributed by atoms with van der Waals surface area (Å²) in [5.74, 6) is 4.53. The van der Waals surface area contributed by atoms with Crippen molar-refractivity contribution in [1.29, 1.82) is 0 Å². The van der Waals surface area contributed by atoms with Crippen LogP contribution < -0.4 is 22.5 Å². The van der Waals surface area contributed by atoms with Crippen LogP contribution in [0.5, 0.6) is 0 Å². The van der Waals surface area contributed by atoms with Crippen LogP contribution in [0.4, 0.5) is 0 Å². The third-order valence-corrected chi connectivity index (χ3v) is 2.68. The standard InChI is InChI=1S/C9H12N6O3/c1-13-7-6(8(17)14(2)9(13)18)11-4-15(7)3-5(16)12-10/h4H,3,10H2,1-2H3,(H,12,16). The van der Waals surface area contributed by atoms with Gasteiger partial charge in [0.2, 0.25) is 0 Å². The van der Waals surface area contributed by atoms with Crippen molar-refractivity contribution in [2.24, 2.45) is 19.9 Å². The maximum Gasteiger partial charge on any atom is 0.332 e. The predicted octanol–water partition coefficient (Wildman–Crippen LogP) is -2.58. The Balaban J connectivity index is 2.78. The summed E-state index contributed by atoms with van der Waals surface area (Å²) < 4.78 is 3.61. The van der Waals surface area contributed by atoms with Crippen molar-refractivity contribution in [1.82, 2.24) is 24.1 Å². The number of hydrogen-bond donors (Lipinski definition) is 2. The summed E-state index contributed by atoms with van der Waals surface area (Å²) in [4.78, 5) is 38.7. The molecule has 0 aliphatic rings. The van der Waals surface area contributed by atoms with Gasteiger partial charge in [-0.15, -0.1) is 0 Å². The largest absolute Gasteiger partial charge is 0.332 e. The average Bonchev–Trinajstić information content (AvgIpc) is 2.77. The lowest BCUT2D eigenvalue weighted by Gasteiger charge is -2.07. The van der Waals surface area contributed by atoms with Gasteiger partial charge in [0.1, 0.15) is 12.2 Å². The highest BCUT2D eigenvalue weighted by atomic mass is 16.2. The molecule has 1 amide bonds. The van der Waals surface area contributed by atoms with Gasteiger partial charge in [-0.05, 0) is 0 Å². The van der Waals surface area contributed by atoms with E-state index in [2.05, 4.69) is 4.98 Å². The zero-order valence-corrected chi connectivity index (χ0v) is 9.88. The van der Waals surface area contributed by atoms with Crippen molar-refractivity contribution in [2.45, 2.75) is 6.54 Å². The molecule has 9 nitrogen and oxygen atoms in total. The summed E-state index contributed by atoms with van der Waals surface area (Å²) >= 11 is 0. The lowest BCUT2D eigenvalue weighted by atomic mass is 10.5. The maximum atomic E-state index is 11.8. The van der Waals surface area contributed by atoms with E-state index in [0.29, 0.717) is 0 Å². The molecule has 0 aromatic carbocycles. The van der Waals surface area contributed by atoms with Crippen molar-refractivity contribution < 1.29 is 4.79 Å². The Morgan fingerprint density at radius 1 is 1.39 bits per heavy atom. The van der Waals surface area contributed by atoms with Crippen LogP contribution in [-0.2, 0) is 25.4 Å². The molecule has 0 atom stereocenters. The van der Waals surface area contributed by atoms with Gasteiger partial charge in [-0.25, -0.2) is 15.6 Å². The fraction of sp³-hybridized carbons (Fsp3) is 0.333. The van der Waals surface area contributed by atoms with Crippen molar-refractivity contribution in [2.75, 3.05) is 0 Å². The molecule has 96 valence electrons. The normalized spacial score (nSPS) is 10.8. The second-order valence-electron chi connectivity index (χ2n) is 3.82. The van der Waals surface area contributed by atoms with E-state index in [1.807, 2.05) is 5.43 Å². The number of carbonyl (C=O) groups excluding carboxylic acids is 1. The molecule has 0 aliphatic heterocycles. The fourth-order valence-corrected chi connectivity index (χ4v) is 1.76. The number of hydrazine groups is 1. The summed E-state index contributed by atoms with van der Waals surface area (Å²) in [5, 5.41) is 0. The first-order valence-electron chi connectivity index (χ1n) is 5.07. The van der Waals surface area contributed by atoms with Gasteiger partial charge in [0, 0.05) is 14.1 Å². The van der Waals surface area contributed by atoms with Gasteiger partial charge in [-0.1, -0.05) is 0 Å². The lowest BCUT2D eigenvalue weighted by Crippen LogP contribution is -2.38. The van der Waals surface area contributed by atoms with Gasteiger partial charge in [-0.2, -0.15) is 0 Å². The molecule has 0 saturated carbocycles. The monoisotopic (exact) mass is 252 g/mol. The van der Waals surface area contributed by atoms with E-state index in [9.17, 15) is 14.4 Å². The number of imidazole rings is 1. The van der Waals surface area contributed by atoms with E-state index in [0.717, 1.165) is 4.57 Å². The minimum Gasteiger partial charge on any atom is -0.307 e. The molecule has 0 radical (unpaired) electrons. The molecule has 0 saturated heterocycles. The first-order chi connectivity index (χ1) is 8.47. The Morgan fingerprint density at radius 2 is 2.06 bits per heavy atom. The number of nitrogens with one attached hydrogen (secondary N) is 1. The van der Waals surface area contributed by atoms with Gasteiger partial charge in [0.25, 0.3) is 11.5 Å². The van der Waals surface area contributed by atoms with Gasteiger partial charge >= 0.3 is 5.69 Å². The zero-order chi connectivity index (χ0) is 13.4. The van der Waals surface area contributed by atoms with E-state index < -0.39 is 17.2 Å². The summed E-state index contributed by atoms with van der Waals surface area (Å²) in [7, 11) is 2.87. The molecule has 2 rings (SSSR count). The number of amides is 1. The molecule has 0 unspecified atom stereocenters. The van der Waals surface area contributed by atoms with Crippen LogP contribution in [0.1, 0.15) is 0 Å². The van der Waals surface area contributed by atoms with E-state index in [-0.39, 0.29) is 17.7 Å². The van der Waals surface area contributed by atoms with Crippen LogP contribution in [0.2, 0.25) is 0 Å². The molecular weight excluding hydrogens is 240 g/mol. The van der Waals surface area contributed by atoms with Gasteiger partial charge in [0.15, 0.2) is 5.52 Å². The summed E-state index contributed by atoms with van der Waals surface area (Å²) in [6.07, 6.45) is 1.32. The van der Waals surface area contributed by atoms with Crippen LogP contribution in [0.25, 0.3) is 11.2 Å². The molecule has 0 aliphatic carbocycles. The van der Waals surface area contributed by atoms with Crippen LogP contribution in [0.3, 0.4) is 0 Å². The van der Waals surface area contributed by atoms with E-state index in [1.165, 1.54) is 29.6 Å². The average molecular weight is 252 g/mol. The third-order valence-electron chi connectivity index (χ3n) is 2.68. The number of aromatic nitrogens is 4. The fourth-order valence-electron chi connectivity index (χ4n) is 1.76. The Kier molecular flexibility index (Phi) is 2.75. The molecule has 0 fully saturated rings. The number of hydrogen-bond acceptors (Lipinski definition) is 5. The van der Waals surface area contributed by atoms with E-state index >= 15 is 0 Å². The Labute approximate surface area is 100 Å². The number of fused-ring (bicyclic) bond motifs is 1. The minimum atomic E-state index is -0.500. The quantitative estimate of drug-likeness (QED) is 0.346. The third kappa shape index (κ3) is 1.61. The van der Waals surface area contributed by atoms with Crippen molar-refractivity contribution in [3.63, 3.8) is 0 Å². The molecule has 2 heterocycles.